The third-order valence-corrected chi connectivity index (χ3v) is 5.57. The summed E-state index contributed by atoms with van der Waals surface area (Å²) in [6.45, 7) is 1.88. The van der Waals surface area contributed by atoms with Crippen LogP contribution in [-0.4, -0.2) is 25.3 Å². The number of pyridine rings is 1. The zero-order chi connectivity index (χ0) is 24.6. The molecule has 2 aromatic carbocycles. The maximum absolute atomic E-state index is 13.8. The summed E-state index contributed by atoms with van der Waals surface area (Å²) >= 11 is 0. The van der Waals surface area contributed by atoms with E-state index in [9.17, 15) is 18.0 Å². The normalized spacial score (nSPS) is 11.5. The topological polar surface area (TPSA) is 72.2 Å². The van der Waals surface area contributed by atoms with Crippen molar-refractivity contribution < 1.29 is 18.0 Å². The number of imidazole rings is 1. The first kappa shape index (κ1) is 22.3. The molecule has 1 amide bonds. The van der Waals surface area contributed by atoms with Crippen LogP contribution in [0.1, 0.15) is 21.5 Å². The van der Waals surface area contributed by atoms with Crippen LogP contribution in [0.5, 0.6) is 0 Å². The summed E-state index contributed by atoms with van der Waals surface area (Å²) < 4.78 is 43.1. The Morgan fingerprint density at radius 2 is 1.80 bits per heavy atom. The Kier molecular flexibility index (Phi) is 5.52. The highest BCUT2D eigenvalue weighted by atomic mass is 19.4. The lowest BCUT2D eigenvalue weighted by atomic mass is 9.98. The molecule has 3 heterocycles. The average Bonchev–Trinajstić information content (AvgIpc) is 3.29. The van der Waals surface area contributed by atoms with Gasteiger partial charge in [0, 0.05) is 23.6 Å². The fourth-order valence-electron chi connectivity index (χ4n) is 3.86. The van der Waals surface area contributed by atoms with E-state index in [0.29, 0.717) is 33.8 Å². The van der Waals surface area contributed by atoms with Crippen molar-refractivity contribution in [1.82, 2.24) is 19.4 Å². The van der Waals surface area contributed by atoms with Crippen molar-refractivity contribution in [2.45, 2.75) is 13.1 Å². The Morgan fingerprint density at radius 1 is 1.00 bits per heavy atom. The number of halogens is 3. The molecule has 3 aromatic heterocycles. The van der Waals surface area contributed by atoms with E-state index < -0.39 is 23.2 Å². The highest BCUT2D eigenvalue weighted by molar-refractivity contribution is 6.06. The Hall–Kier alpha value is -4.53. The molecule has 5 aromatic rings. The SMILES string of the molecule is Cc1ccc(NC(=O)c2cc(-c3cccn4c(-c5ccncn5)ncc34)ccc2C(F)(F)F)cc1. The second kappa shape index (κ2) is 8.68. The lowest BCUT2D eigenvalue weighted by molar-refractivity contribution is -0.137. The molecule has 0 spiro atoms. The number of carbonyl (C=O) groups is 1. The Balaban J connectivity index is 1.60. The number of carbonyl (C=O) groups excluding carboxylic acids is 1. The van der Waals surface area contributed by atoms with E-state index in [4.69, 9.17) is 0 Å². The van der Waals surface area contributed by atoms with Crippen LogP contribution < -0.4 is 5.32 Å². The van der Waals surface area contributed by atoms with Crippen LogP contribution in [0.25, 0.3) is 28.2 Å². The number of aryl methyl sites for hydroxylation is 1. The van der Waals surface area contributed by atoms with Gasteiger partial charge in [-0.1, -0.05) is 29.8 Å². The van der Waals surface area contributed by atoms with Crippen LogP contribution in [0, 0.1) is 6.92 Å². The number of fused-ring (bicyclic) bond motifs is 1. The van der Waals surface area contributed by atoms with Crippen molar-refractivity contribution in [3.63, 3.8) is 0 Å². The number of alkyl halides is 3. The van der Waals surface area contributed by atoms with Crippen molar-refractivity contribution >= 4 is 17.1 Å². The third-order valence-electron chi connectivity index (χ3n) is 5.57. The van der Waals surface area contributed by atoms with Gasteiger partial charge in [0.15, 0.2) is 5.82 Å². The lowest BCUT2D eigenvalue weighted by Gasteiger charge is -2.15. The van der Waals surface area contributed by atoms with Crippen LogP contribution >= 0.6 is 0 Å². The first-order valence-corrected chi connectivity index (χ1v) is 10.6. The summed E-state index contributed by atoms with van der Waals surface area (Å²) in [6.07, 6.45) is 1.73. The van der Waals surface area contributed by atoms with E-state index in [1.165, 1.54) is 18.5 Å². The zero-order valence-corrected chi connectivity index (χ0v) is 18.4. The number of anilines is 1. The molecule has 0 aliphatic carbocycles. The van der Waals surface area contributed by atoms with Gasteiger partial charge in [0.05, 0.1) is 22.8 Å². The number of hydrogen-bond acceptors (Lipinski definition) is 4. The molecule has 0 unspecified atom stereocenters. The van der Waals surface area contributed by atoms with Crippen molar-refractivity contribution in [1.29, 1.82) is 0 Å². The second-order valence-electron chi connectivity index (χ2n) is 7.93. The van der Waals surface area contributed by atoms with Gasteiger partial charge in [-0.15, -0.1) is 0 Å². The lowest BCUT2D eigenvalue weighted by Crippen LogP contribution is -2.19. The highest BCUT2D eigenvalue weighted by Crippen LogP contribution is 2.36. The minimum Gasteiger partial charge on any atom is -0.322 e. The smallest absolute Gasteiger partial charge is 0.322 e. The summed E-state index contributed by atoms with van der Waals surface area (Å²) in [5.41, 5.74) is 2.24. The molecule has 0 saturated carbocycles. The Morgan fingerprint density at radius 3 is 2.51 bits per heavy atom. The molecular weight excluding hydrogens is 455 g/mol. The molecule has 1 N–H and O–H groups in total. The maximum atomic E-state index is 13.8. The van der Waals surface area contributed by atoms with Gasteiger partial charge >= 0.3 is 6.18 Å². The summed E-state index contributed by atoms with van der Waals surface area (Å²) in [7, 11) is 0. The number of rotatable bonds is 4. The van der Waals surface area contributed by atoms with E-state index >= 15 is 0 Å². The van der Waals surface area contributed by atoms with Crippen molar-refractivity contribution in [3.05, 3.63) is 102 Å². The molecule has 9 heteroatoms. The van der Waals surface area contributed by atoms with E-state index in [1.54, 1.807) is 65.5 Å². The number of amides is 1. The molecule has 0 radical (unpaired) electrons. The van der Waals surface area contributed by atoms with Crippen molar-refractivity contribution in [2.24, 2.45) is 0 Å². The highest BCUT2D eigenvalue weighted by Gasteiger charge is 2.35. The third kappa shape index (κ3) is 4.35. The van der Waals surface area contributed by atoms with E-state index in [0.717, 1.165) is 11.6 Å². The van der Waals surface area contributed by atoms with E-state index in [2.05, 4.69) is 20.3 Å². The Bertz CT molecular complexity index is 1530. The molecule has 0 aliphatic rings. The molecular formula is C26H18F3N5O. The molecule has 0 bridgehead atoms. The van der Waals surface area contributed by atoms with Gasteiger partial charge in [0.2, 0.25) is 0 Å². The van der Waals surface area contributed by atoms with Crippen LogP contribution in [0.3, 0.4) is 0 Å². The fraction of sp³-hybridized carbons (Fsp3) is 0.0769. The molecule has 0 saturated heterocycles. The van der Waals surface area contributed by atoms with Gasteiger partial charge in [-0.25, -0.2) is 15.0 Å². The maximum Gasteiger partial charge on any atom is 0.417 e. The average molecular weight is 473 g/mol. The van der Waals surface area contributed by atoms with Gasteiger partial charge in [-0.05, 0) is 48.9 Å². The van der Waals surface area contributed by atoms with E-state index in [1.807, 2.05) is 6.92 Å². The first-order valence-electron chi connectivity index (χ1n) is 10.6. The molecule has 0 fully saturated rings. The molecule has 35 heavy (non-hydrogen) atoms. The molecule has 6 nitrogen and oxygen atoms in total. The van der Waals surface area contributed by atoms with Crippen LogP contribution in [-0.2, 0) is 6.18 Å². The number of nitrogens with one attached hydrogen (secondary N) is 1. The molecule has 0 aliphatic heterocycles. The van der Waals surface area contributed by atoms with Gasteiger partial charge in [0.1, 0.15) is 12.0 Å². The molecule has 0 atom stereocenters. The van der Waals surface area contributed by atoms with Gasteiger partial charge in [-0.3, -0.25) is 9.20 Å². The zero-order valence-electron chi connectivity index (χ0n) is 18.4. The van der Waals surface area contributed by atoms with Crippen LogP contribution in [0.15, 0.2) is 85.6 Å². The fourth-order valence-corrected chi connectivity index (χ4v) is 3.86. The summed E-state index contributed by atoms with van der Waals surface area (Å²) in [5.74, 6) is -0.279. The van der Waals surface area contributed by atoms with Crippen LogP contribution in [0.4, 0.5) is 18.9 Å². The minimum absolute atomic E-state index is 0.409. The summed E-state index contributed by atoms with van der Waals surface area (Å²) in [4.78, 5) is 25.5. The second-order valence-corrected chi connectivity index (χ2v) is 7.93. The molecule has 174 valence electrons. The summed E-state index contributed by atoms with van der Waals surface area (Å²) in [6, 6.07) is 15.6. The number of nitrogens with zero attached hydrogens (tertiary/aromatic N) is 4. The van der Waals surface area contributed by atoms with Crippen molar-refractivity contribution in [2.75, 3.05) is 5.32 Å². The standard InChI is InChI=1S/C26H18F3N5O/c1-16-4-7-18(8-5-16)33-25(35)20-13-17(6-9-21(20)26(27,28)29)19-3-2-12-34-23(19)14-31-24(34)22-10-11-30-15-32-22/h2-15H,1H3,(H,33,35). The monoisotopic (exact) mass is 473 g/mol. The van der Waals surface area contributed by atoms with Crippen LogP contribution in [0.2, 0.25) is 0 Å². The van der Waals surface area contributed by atoms with Gasteiger partial charge in [-0.2, -0.15) is 13.2 Å². The van der Waals surface area contributed by atoms with Crippen molar-refractivity contribution in [3.8, 4) is 22.6 Å². The quantitative estimate of drug-likeness (QED) is 0.346. The number of aromatic nitrogens is 4. The number of benzene rings is 2. The molecule has 5 rings (SSSR count). The largest absolute Gasteiger partial charge is 0.417 e. The van der Waals surface area contributed by atoms with Gasteiger partial charge in [0.25, 0.3) is 5.91 Å². The summed E-state index contributed by atoms with van der Waals surface area (Å²) in [5, 5.41) is 2.57. The predicted octanol–water partition coefficient (Wildman–Crippen LogP) is 6.04. The first-order chi connectivity index (χ1) is 16.8. The van der Waals surface area contributed by atoms with Gasteiger partial charge < -0.3 is 5.32 Å². The van der Waals surface area contributed by atoms with E-state index in [-0.39, 0.29) is 0 Å². The Labute approximate surface area is 198 Å². The predicted molar refractivity (Wildman–Crippen MR) is 126 cm³/mol. The minimum atomic E-state index is -4.69. The number of hydrogen-bond donors (Lipinski definition) is 1.